The van der Waals surface area contributed by atoms with E-state index in [1.165, 1.54) is 23.1 Å². The van der Waals surface area contributed by atoms with E-state index < -0.39 is 10.5 Å². The number of carbonyl (C=O) groups is 1. The van der Waals surface area contributed by atoms with Crippen LogP contribution in [0.4, 0.5) is 5.69 Å². The van der Waals surface area contributed by atoms with Gasteiger partial charge in [-0.3, -0.25) is 14.9 Å². The van der Waals surface area contributed by atoms with Crippen LogP contribution in [-0.4, -0.2) is 28.3 Å². The third-order valence-electron chi connectivity index (χ3n) is 2.55. The van der Waals surface area contributed by atoms with Crippen molar-refractivity contribution in [3.05, 3.63) is 38.9 Å². The number of rotatable bonds is 4. The van der Waals surface area contributed by atoms with Crippen LogP contribution in [0.15, 0.2) is 18.2 Å². The molecule has 1 rings (SSSR count). The zero-order chi connectivity index (χ0) is 14.8. The van der Waals surface area contributed by atoms with Crippen molar-refractivity contribution in [2.24, 2.45) is 5.73 Å². The summed E-state index contributed by atoms with van der Waals surface area (Å²) in [5.74, 6) is -0.268. The molecule has 0 atom stereocenters. The predicted molar refractivity (Wildman–Crippen MR) is 80.1 cm³/mol. The summed E-state index contributed by atoms with van der Waals surface area (Å²) in [5, 5.41) is 11.1. The lowest BCUT2D eigenvalue weighted by molar-refractivity contribution is -0.384. The van der Waals surface area contributed by atoms with Crippen molar-refractivity contribution in [3.63, 3.8) is 0 Å². The maximum Gasteiger partial charge on any atom is 0.269 e. The van der Waals surface area contributed by atoms with Crippen LogP contribution < -0.4 is 5.73 Å². The van der Waals surface area contributed by atoms with Crippen molar-refractivity contribution in [2.75, 3.05) is 7.05 Å². The molecule has 0 heterocycles. The summed E-state index contributed by atoms with van der Waals surface area (Å²) in [6.07, 6.45) is 0. The summed E-state index contributed by atoms with van der Waals surface area (Å²) in [4.78, 5) is 23.5. The van der Waals surface area contributed by atoms with Gasteiger partial charge in [-0.25, -0.2) is 0 Å². The summed E-state index contributed by atoms with van der Waals surface area (Å²) < 4.78 is 0. The zero-order valence-electron chi connectivity index (χ0n) is 11.4. The number of nitrogens with zero attached hydrogens (tertiary/aromatic N) is 2. The van der Waals surface area contributed by atoms with Crippen LogP contribution in [-0.2, 0) is 11.3 Å². The third kappa shape index (κ3) is 4.63. The largest absolute Gasteiger partial charge is 0.340 e. The van der Waals surface area contributed by atoms with Gasteiger partial charge in [0.1, 0.15) is 0 Å². The Bertz CT molecular complexity index is 515. The molecule has 0 bridgehead atoms. The molecule has 0 spiro atoms. The SMILES string of the molecule is CN(Cc1cc([N+](=O)[O-])ccc1Cl)C(=O)C(C)(C)N.Cl. The quantitative estimate of drug-likeness (QED) is 0.681. The lowest BCUT2D eigenvalue weighted by Gasteiger charge is -2.26. The Morgan fingerprint density at radius 2 is 2.05 bits per heavy atom. The molecule has 0 fully saturated rings. The highest BCUT2D eigenvalue weighted by atomic mass is 35.5. The Hall–Kier alpha value is -1.37. The number of hydrogen-bond acceptors (Lipinski definition) is 4. The van der Waals surface area contributed by atoms with E-state index in [1.807, 2.05) is 0 Å². The Morgan fingerprint density at radius 1 is 1.50 bits per heavy atom. The Labute approximate surface area is 128 Å². The van der Waals surface area contributed by atoms with Crippen molar-refractivity contribution in [1.29, 1.82) is 0 Å². The lowest BCUT2D eigenvalue weighted by atomic mass is 10.1. The second-order valence-corrected chi connectivity index (χ2v) is 5.32. The first-order valence-electron chi connectivity index (χ1n) is 5.60. The number of benzene rings is 1. The molecule has 112 valence electrons. The first-order chi connectivity index (χ1) is 8.62. The Morgan fingerprint density at radius 3 is 2.50 bits per heavy atom. The molecule has 0 saturated heterocycles. The van der Waals surface area contributed by atoms with E-state index in [0.717, 1.165) is 0 Å². The van der Waals surface area contributed by atoms with Gasteiger partial charge >= 0.3 is 0 Å². The molecule has 1 aromatic carbocycles. The summed E-state index contributed by atoms with van der Waals surface area (Å²) >= 11 is 5.97. The molecular weight excluding hydrogens is 305 g/mol. The molecule has 20 heavy (non-hydrogen) atoms. The van der Waals surface area contributed by atoms with Crippen LogP contribution in [0.2, 0.25) is 5.02 Å². The van der Waals surface area contributed by atoms with Crippen LogP contribution in [0.3, 0.4) is 0 Å². The molecule has 0 radical (unpaired) electrons. The van der Waals surface area contributed by atoms with Crippen molar-refractivity contribution >= 4 is 35.6 Å². The number of likely N-dealkylation sites (N-methyl/N-ethyl adjacent to an activating group) is 1. The van der Waals surface area contributed by atoms with Crippen molar-refractivity contribution in [2.45, 2.75) is 25.9 Å². The fourth-order valence-electron chi connectivity index (χ4n) is 1.62. The van der Waals surface area contributed by atoms with E-state index in [9.17, 15) is 14.9 Å². The average molecular weight is 322 g/mol. The van der Waals surface area contributed by atoms with Gasteiger partial charge in [0.2, 0.25) is 5.91 Å². The fourth-order valence-corrected chi connectivity index (χ4v) is 1.79. The fraction of sp³-hybridized carbons (Fsp3) is 0.417. The summed E-state index contributed by atoms with van der Waals surface area (Å²) in [6, 6.07) is 4.12. The highest BCUT2D eigenvalue weighted by Gasteiger charge is 2.26. The standard InChI is InChI=1S/C12H16ClN3O3.ClH/c1-12(2,14)11(17)15(3)7-8-6-9(16(18)19)4-5-10(8)13;/h4-6H,7,14H2,1-3H3;1H. The van der Waals surface area contributed by atoms with E-state index in [1.54, 1.807) is 20.9 Å². The number of nitro groups is 1. The number of non-ortho nitro benzene ring substituents is 1. The molecule has 8 heteroatoms. The van der Waals surface area contributed by atoms with E-state index in [2.05, 4.69) is 0 Å². The molecule has 0 aliphatic rings. The molecule has 1 aromatic rings. The average Bonchev–Trinajstić information content (AvgIpc) is 2.29. The number of hydrogen-bond donors (Lipinski definition) is 1. The van der Waals surface area contributed by atoms with Gasteiger partial charge < -0.3 is 10.6 Å². The monoisotopic (exact) mass is 321 g/mol. The topological polar surface area (TPSA) is 89.5 Å². The van der Waals surface area contributed by atoms with E-state index in [4.69, 9.17) is 17.3 Å². The Kier molecular flexibility index (Phi) is 6.40. The maximum absolute atomic E-state index is 11.9. The Balaban J connectivity index is 0.00000361. The van der Waals surface area contributed by atoms with Gasteiger partial charge in [0, 0.05) is 30.7 Å². The minimum Gasteiger partial charge on any atom is -0.340 e. The number of amides is 1. The molecule has 1 amide bonds. The zero-order valence-corrected chi connectivity index (χ0v) is 13.0. The van der Waals surface area contributed by atoms with Crippen molar-refractivity contribution in [1.82, 2.24) is 4.90 Å². The minimum absolute atomic E-state index is 0. The highest BCUT2D eigenvalue weighted by molar-refractivity contribution is 6.31. The van der Waals surface area contributed by atoms with Gasteiger partial charge in [-0.1, -0.05) is 11.6 Å². The molecule has 0 aliphatic carbocycles. The van der Waals surface area contributed by atoms with Crippen LogP contribution in [0.1, 0.15) is 19.4 Å². The third-order valence-corrected chi connectivity index (χ3v) is 2.91. The molecule has 0 saturated carbocycles. The lowest BCUT2D eigenvalue weighted by Crippen LogP contribution is -2.49. The number of nitrogens with two attached hydrogens (primary N) is 1. The second-order valence-electron chi connectivity index (χ2n) is 4.92. The number of carbonyl (C=O) groups excluding carboxylic acids is 1. The molecule has 0 unspecified atom stereocenters. The minimum atomic E-state index is -0.998. The predicted octanol–water partition coefficient (Wildman–Crippen LogP) is 2.37. The van der Waals surface area contributed by atoms with Crippen LogP contribution >= 0.6 is 24.0 Å². The molecule has 0 aromatic heterocycles. The molecule has 0 aliphatic heterocycles. The number of nitro benzene ring substituents is 1. The van der Waals surface area contributed by atoms with Crippen LogP contribution in [0.25, 0.3) is 0 Å². The summed E-state index contributed by atoms with van der Waals surface area (Å²) in [6.45, 7) is 3.36. The van der Waals surface area contributed by atoms with Crippen LogP contribution in [0.5, 0.6) is 0 Å². The first-order valence-corrected chi connectivity index (χ1v) is 5.98. The van der Waals surface area contributed by atoms with Gasteiger partial charge in [0.25, 0.3) is 5.69 Å². The van der Waals surface area contributed by atoms with Crippen molar-refractivity contribution in [3.8, 4) is 0 Å². The normalized spacial score (nSPS) is 10.7. The molecule has 6 nitrogen and oxygen atoms in total. The van der Waals surface area contributed by atoms with E-state index in [0.29, 0.717) is 10.6 Å². The van der Waals surface area contributed by atoms with Gasteiger partial charge in [-0.15, -0.1) is 12.4 Å². The summed E-state index contributed by atoms with van der Waals surface area (Å²) in [7, 11) is 1.58. The van der Waals surface area contributed by atoms with Crippen molar-refractivity contribution < 1.29 is 9.72 Å². The highest BCUT2D eigenvalue weighted by Crippen LogP contribution is 2.23. The van der Waals surface area contributed by atoms with E-state index >= 15 is 0 Å². The van der Waals surface area contributed by atoms with Gasteiger partial charge in [-0.05, 0) is 25.5 Å². The van der Waals surface area contributed by atoms with Gasteiger partial charge in [0.15, 0.2) is 0 Å². The van der Waals surface area contributed by atoms with Gasteiger partial charge in [0.05, 0.1) is 10.5 Å². The molecular formula is C12H17Cl2N3O3. The van der Waals surface area contributed by atoms with E-state index in [-0.39, 0.29) is 30.5 Å². The smallest absolute Gasteiger partial charge is 0.269 e. The van der Waals surface area contributed by atoms with Gasteiger partial charge in [-0.2, -0.15) is 0 Å². The number of halogens is 2. The second kappa shape index (κ2) is 6.88. The summed E-state index contributed by atoms with van der Waals surface area (Å²) in [5.41, 5.74) is 5.17. The molecule has 2 N–H and O–H groups in total. The van der Waals surface area contributed by atoms with Crippen LogP contribution in [0, 0.1) is 10.1 Å². The maximum atomic E-state index is 11.9. The first kappa shape index (κ1) is 18.6.